The van der Waals surface area contributed by atoms with Crippen LogP contribution in [0.4, 0.5) is 11.4 Å². The van der Waals surface area contributed by atoms with Crippen LogP contribution in [0.25, 0.3) is 0 Å². The number of halogens is 1. The largest absolute Gasteiger partial charge is 0.381 e. The molecule has 2 atom stereocenters. The first-order chi connectivity index (χ1) is 8.58. The predicted molar refractivity (Wildman–Crippen MR) is 73.1 cm³/mol. The van der Waals surface area contributed by atoms with Gasteiger partial charge in [0.05, 0.1) is 15.6 Å². The van der Waals surface area contributed by atoms with Gasteiger partial charge in [-0.1, -0.05) is 31.4 Å². The number of hydrogen-bond donors (Lipinski definition) is 1. The van der Waals surface area contributed by atoms with E-state index in [-0.39, 0.29) is 5.69 Å². The number of nitrogens with one attached hydrogen (secondary N) is 1. The molecular weight excluding hydrogens is 252 g/mol. The maximum Gasteiger partial charge on any atom is 0.271 e. The van der Waals surface area contributed by atoms with Crippen molar-refractivity contribution in [1.82, 2.24) is 0 Å². The van der Waals surface area contributed by atoms with Gasteiger partial charge in [-0.15, -0.1) is 0 Å². The van der Waals surface area contributed by atoms with Gasteiger partial charge in [-0.3, -0.25) is 10.1 Å². The third-order valence-electron chi connectivity index (χ3n) is 3.62. The second-order valence-corrected chi connectivity index (χ2v) is 5.34. The summed E-state index contributed by atoms with van der Waals surface area (Å²) < 4.78 is 0. The van der Waals surface area contributed by atoms with E-state index in [2.05, 4.69) is 12.2 Å². The number of non-ortho nitro benzene ring substituents is 1. The lowest BCUT2D eigenvalue weighted by molar-refractivity contribution is -0.384. The molecule has 5 heteroatoms. The summed E-state index contributed by atoms with van der Waals surface area (Å²) in [5, 5.41) is 14.5. The van der Waals surface area contributed by atoms with E-state index in [1.165, 1.54) is 31.4 Å². The fourth-order valence-electron chi connectivity index (χ4n) is 2.47. The van der Waals surface area contributed by atoms with Crippen LogP contribution < -0.4 is 5.32 Å². The Labute approximate surface area is 111 Å². The van der Waals surface area contributed by atoms with E-state index in [0.29, 0.717) is 17.0 Å². The number of nitrogens with zero attached hydrogens (tertiary/aromatic N) is 1. The highest BCUT2D eigenvalue weighted by Gasteiger charge is 2.22. The van der Waals surface area contributed by atoms with Gasteiger partial charge in [0.25, 0.3) is 5.69 Å². The van der Waals surface area contributed by atoms with E-state index >= 15 is 0 Å². The second-order valence-electron chi connectivity index (χ2n) is 4.93. The average molecular weight is 269 g/mol. The van der Waals surface area contributed by atoms with E-state index in [1.807, 2.05) is 0 Å². The normalized spacial score (nSPS) is 23.7. The summed E-state index contributed by atoms with van der Waals surface area (Å²) in [4.78, 5) is 10.2. The Bertz CT molecular complexity index is 451. The Morgan fingerprint density at radius 2 is 2.11 bits per heavy atom. The van der Waals surface area contributed by atoms with Crippen molar-refractivity contribution in [2.75, 3.05) is 5.32 Å². The predicted octanol–water partition coefficient (Wildman–Crippen LogP) is 4.24. The summed E-state index contributed by atoms with van der Waals surface area (Å²) in [6, 6.07) is 5.00. The van der Waals surface area contributed by atoms with Crippen LogP contribution >= 0.6 is 11.6 Å². The van der Waals surface area contributed by atoms with Crippen LogP contribution in [0, 0.1) is 16.0 Å². The first-order valence-electron chi connectivity index (χ1n) is 6.28. The summed E-state index contributed by atoms with van der Waals surface area (Å²) in [6.45, 7) is 2.23. The van der Waals surface area contributed by atoms with Crippen LogP contribution in [-0.2, 0) is 0 Å². The van der Waals surface area contributed by atoms with Gasteiger partial charge in [-0.05, 0) is 24.8 Å². The van der Waals surface area contributed by atoms with Gasteiger partial charge < -0.3 is 5.32 Å². The maximum atomic E-state index is 10.6. The number of nitro benzene ring substituents is 1. The molecule has 1 aliphatic carbocycles. The van der Waals surface area contributed by atoms with E-state index in [9.17, 15) is 10.1 Å². The molecule has 18 heavy (non-hydrogen) atoms. The highest BCUT2D eigenvalue weighted by atomic mass is 35.5. The smallest absolute Gasteiger partial charge is 0.271 e. The maximum absolute atomic E-state index is 10.6. The third kappa shape index (κ3) is 2.93. The molecule has 0 aliphatic heterocycles. The number of nitro groups is 1. The minimum Gasteiger partial charge on any atom is -0.381 e. The van der Waals surface area contributed by atoms with Crippen molar-refractivity contribution >= 4 is 23.0 Å². The molecule has 1 aliphatic rings. The quantitative estimate of drug-likeness (QED) is 0.659. The van der Waals surface area contributed by atoms with Crippen LogP contribution in [0.3, 0.4) is 0 Å². The van der Waals surface area contributed by atoms with Crippen LogP contribution in [0.15, 0.2) is 18.2 Å². The average Bonchev–Trinajstić information content (AvgIpc) is 2.34. The van der Waals surface area contributed by atoms with Crippen molar-refractivity contribution in [3.63, 3.8) is 0 Å². The van der Waals surface area contributed by atoms with Gasteiger partial charge in [0.2, 0.25) is 0 Å². The molecule has 0 amide bonds. The van der Waals surface area contributed by atoms with Gasteiger partial charge in [0.15, 0.2) is 0 Å². The molecule has 1 aromatic rings. The van der Waals surface area contributed by atoms with Crippen LogP contribution in [0.5, 0.6) is 0 Å². The molecule has 0 bridgehead atoms. The van der Waals surface area contributed by atoms with Crippen LogP contribution in [-0.4, -0.2) is 11.0 Å². The standard InChI is InChI=1S/C13H17ClN2O2/c1-9-4-2-3-5-12(9)15-13-7-6-10(16(17)18)8-11(13)14/h6-9,12,15H,2-5H2,1H3. The van der Waals surface area contributed by atoms with E-state index in [1.54, 1.807) is 6.07 Å². The lowest BCUT2D eigenvalue weighted by atomic mass is 9.86. The highest BCUT2D eigenvalue weighted by molar-refractivity contribution is 6.33. The minimum atomic E-state index is -0.432. The van der Waals surface area contributed by atoms with Crippen molar-refractivity contribution in [3.8, 4) is 0 Å². The molecule has 0 saturated heterocycles. The minimum absolute atomic E-state index is 0.0299. The van der Waals surface area contributed by atoms with Crippen molar-refractivity contribution in [2.45, 2.75) is 38.6 Å². The number of hydrogen-bond acceptors (Lipinski definition) is 3. The molecule has 0 spiro atoms. The topological polar surface area (TPSA) is 55.2 Å². The SMILES string of the molecule is CC1CCCCC1Nc1ccc([N+](=O)[O-])cc1Cl. The summed E-state index contributed by atoms with van der Waals surface area (Å²) in [5.41, 5.74) is 0.822. The third-order valence-corrected chi connectivity index (χ3v) is 3.93. The summed E-state index contributed by atoms with van der Waals surface area (Å²) in [7, 11) is 0. The van der Waals surface area contributed by atoms with Gasteiger partial charge in [0.1, 0.15) is 0 Å². The van der Waals surface area contributed by atoms with Crippen molar-refractivity contribution in [1.29, 1.82) is 0 Å². The molecule has 1 aromatic carbocycles. The van der Waals surface area contributed by atoms with Crippen molar-refractivity contribution < 1.29 is 4.92 Å². The van der Waals surface area contributed by atoms with Crippen molar-refractivity contribution in [3.05, 3.63) is 33.3 Å². The Morgan fingerprint density at radius 3 is 2.72 bits per heavy atom. The van der Waals surface area contributed by atoms with Gasteiger partial charge >= 0.3 is 0 Å². The summed E-state index contributed by atoms with van der Waals surface area (Å²) in [5.74, 6) is 0.616. The summed E-state index contributed by atoms with van der Waals surface area (Å²) in [6.07, 6.45) is 4.87. The first-order valence-corrected chi connectivity index (χ1v) is 6.66. The highest BCUT2D eigenvalue weighted by Crippen LogP contribution is 2.31. The molecule has 2 rings (SSSR count). The molecule has 2 unspecified atom stereocenters. The number of anilines is 1. The molecular formula is C13H17ClN2O2. The Kier molecular flexibility index (Phi) is 4.07. The zero-order valence-corrected chi connectivity index (χ0v) is 11.1. The number of rotatable bonds is 3. The molecule has 1 saturated carbocycles. The molecule has 0 aromatic heterocycles. The Balaban J connectivity index is 2.11. The van der Waals surface area contributed by atoms with E-state index in [4.69, 9.17) is 11.6 Å². The summed E-state index contributed by atoms with van der Waals surface area (Å²) >= 11 is 6.07. The first kappa shape index (κ1) is 13.1. The van der Waals surface area contributed by atoms with Crippen LogP contribution in [0.2, 0.25) is 5.02 Å². The zero-order valence-electron chi connectivity index (χ0n) is 10.4. The fourth-order valence-corrected chi connectivity index (χ4v) is 2.69. The molecule has 1 N–H and O–H groups in total. The lowest BCUT2D eigenvalue weighted by Gasteiger charge is -2.30. The Morgan fingerprint density at radius 1 is 1.39 bits per heavy atom. The molecule has 4 nitrogen and oxygen atoms in total. The second kappa shape index (κ2) is 5.57. The number of benzene rings is 1. The van der Waals surface area contributed by atoms with E-state index in [0.717, 1.165) is 12.1 Å². The van der Waals surface area contributed by atoms with Crippen LogP contribution in [0.1, 0.15) is 32.6 Å². The fraction of sp³-hybridized carbons (Fsp3) is 0.538. The molecule has 1 fully saturated rings. The van der Waals surface area contributed by atoms with E-state index < -0.39 is 4.92 Å². The van der Waals surface area contributed by atoms with Crippen molar-refractivity contribution in [2.24, 2.45) is 5.92 Å². The van der Waals surface area contributed by atoms with Gasteiger partial charge in [0, 0.05) is 18.2 Å². The monoisotopic (exact) mass is 268 g/mol. The zero-order chi connectivity index (χ0) is 13.1. The molecule has 0 radical (unpaired) electrons. The Hall–Kier alpha value is -1.29. The molecule has 0 heterocycles. The van der Waals surface area contributed by atoms with Gasteiger partial charge in [-0.25, -0.2) is 0 Å². The molecule has 98 valence electrons. The lowest BCUT2D eigenvalue weighted by Crippen LogP contribution is -2.30. The van der Waals surface area contributed by atoms with Gasteiger partial charge in [-0.2, -0.15) is 0 Å².